The Balaban J connectivity index is 0.932. The van der Waals surface area contributed by atoms with E-state index in [4.69, 9.17) is 0 Å². The van der Waals surface area contributed by atoms with Crippen molar-refractivity contribution in [2.24, 2.45) is 0 Å². The van der Waals surface area contributed by atoms with E-state index < -0.39 is 5.41 Å². The van der Waals surface area contributed by atoms with Gasteiger partial charge in [-0.1, -0.05) is 244 Å². The number of hydrogen-bond acceptors (Lipinski definition) is 1. The van der Waals surface area contributed by atoms with Gasteiger partial charge < -0.3 is 4.90 Å². The van der Waals surface area contributed by atoms with Crippen molar-refractivity contribution in [2.75, 3.05) is 4.90 Å². The molecule has 2 spiro atoms. The van der Waals surface area contributed by atoms with Gasteiger partial charge in [0.15, 0.2) is 0 Å². The lowest BCUT2D eigenvalue weighted by molar-refractivity contribution is 0.550. The molecule has 78 heavy (non-hydrogen) atoms. The van der Waals surface area contributed by atoms with E-state index in [0.717, 1.165) is 5.69 Å². The highest BCUT2D eigenvalue weighted by Gasteiger charge is 2.53. The zero-order valence-electron chi connectivity index (χ0n) is 46.5. The van der Waals surface area contributed by atoms with Crippen molar-refractivity contribution in [3.63, 3.8) is 0 Å². The highest BCUT2D eigenvalue weighted by molar-refractivity contribution is 5.98. The van der Waals surface area contributed by atoms with Crippen molar-refractivity contribution in [2.45, 2.75) is 108 Å². The lowest BCUT2D eigenvalue weighted by Crippen LogP contribution is -2.26. The molecule has 5 aliphatic rings. The molecule has 0 atom stereocenters. The number of fused-ring (bicyclic) bond motifs is 18. The van der Waals surface area contributed by atoms with Gasteiger partial charge in [0.2, 0.25) is 0 Å². The summed E-state index contributed by atoms with van der Waals surface area (Å²) in [5, 5.41) is 0. The summed E-state index contributed by atoms with van der Waals surface area (Å²) in [6.45, 7) is 18.9. The number of nitrogens with zero attached hydrogens (tertiary/aromatic N) is 1. The molecule has 10 aromatic carbocycles. The van der Waals surface area contributed by atoms with Gasteiger partial charge in [0.1, 0.15) is 0 Å². The zero-order chi connectivity index (χ0) is 53.1. The standard InChI is InChI=1S/C77H67N/c1-73(2,3)49-32-40-68-63(44-49)64-45-50(74(4,5)6)33-41-69(64)77(68)67-29-16-13-23-57(67)60-39-37-53(47-71(60)77)78(52-36-38-59-56-22-12-15-28-66(56)76(70(59)46-52)42-17-18-43-76)51-34-30-48(31-35-51)54-20-9-10-21-55(54)61-25-19-26-62-58-24-11-14-27-65(58)75(7,8)72(61)62/h9-16,19-41,44-47H,17-18,42-43H2,1-8H3. The molecule has 15 rings (SSSR count). The number of rotatable bonds is 5. The van der Waals surface area contributed by atoms with Crippen LogP contribution in [-0.2, 0) is 27.1 Å². The van der Waals surface area contributed by atoms with E-state index in [1.165, 1.54) is 159 Å². The lowest BCUT2D eigenvalue weighted by atomic mass is 9.70. The van der Waals surface area contributed by atoms with Crippen LogP contribution >= 0.6 is 0 Å². The molecular weight excluding hydrogens is 939 g/mol. The summed E-state index contributed by atoms with van der Waals surface area (Å²) < 4.78 is 0. The fraction of sp³-hybridized carbons (Fsp3) is 0.221. The van der Waals surface area contributed by atoms with E-state index in [2.05, 4.69) is 273 Å². The SMILES string of the molecule is CC(C)(C)c1ccc2c(c1)-c1cc(C(C)(C)C)ccc1C21c2ccccc2-c2ccc(N(c3ccc(-c4ccccc4-c4cccc5c4C(C)(C)c4ccccc4-5)cc3)c3ccc4c(c3)C3(CCCC3)c3ccccc3-4)cc21. The Morgan fingerprint density at radius 2 is 0.744 bits per heavy atom. The third-order valence-corrected chi connectivity index (χ3v) is 19.4. The van der Waals surface area contributed by atoms with E-state index in [1.54, 1.807) is 0 Å². The van der Waals surface area contributed by atoms with Crippen LogP contribution in [0.4, 0.5) is 17.1 Å². The lowest BCUT2D eigenvalue weighted by Gasteiger charge is -2.33. The minimum Gasteiger partial charge on any atom is -0.310 e. The Labute approximate surface area is 462 Å². The van der Waals surface area contributed by atoms with Gasteiger partial charge >= 0.3 is 0 Å². The van der Waals surface area contributed by atoms with Crippen molar-refractivity contribution in [1.82, 2.24) is 0 Å². The summed E-state index contributed by atoms with van der Waals surface area (Å²) in [4.78, 5) is 2.57. The van der Waals surface area contributed by atoms with Crippen LogP contribution < -0.4 is 4.90 Å². The maximum absolute atomic E-state index is 2.58. The second kappa shape index (κ2) is 16.5. The van der Waals surface area contributed by atoms with Crippen molar-refractivity contribution in [3.05, 3.63) is 268 Å². The minimum absolute atomic E-state index is 0.00274. The first-order valence-corrected chi connectivity index (χ1v) is 28.7. The highest BCUT2D eigenvalue weighted by Crippen LogP contribution is 2.65. The van der Waals surface area contributed by atoms with E-state index >= 15 is 0 Å². The van der Waals surface area contributed by atoms with Crippen LogP contribution in [0.2, 0.25) is 0 Å². The quantitative estimate of drug-likeness (QED) is 0.166. The van der Waals surface area contributed by atoms with Crippen molar-refractivity contribution in [3.8, 4) is 66.8 Å². The summed E-state index contributed by atoms with van der Waals surface area (Å²) in [6.07, 6.45) is 4.89. The molecule has 0 radical (unpaired) electrons. The molecule has 10 aromatic rings. The van der Waals surface area contributed by atoms with Crippen molar-refractivity contribution >= 4 is 17.1 Å². The summed E-state index contributed by atoms with van der Waals surface area (Å²) >= 11 is 0. The molecule has 0 bridgehead atoms. The van der Waals surface area contributed by atoms with Crippen LogP contribution in [0.5, 0.6) is 0 Å². The first-order chi connectivity index (χ1) is 37.7. The van der Waals surface area contributed by atoms with Crippen LogP contribution in [-0.4, -0.2) is 0 Å². The Bertz CT molecular complexity index is 4080. The molecule has 1 saturated carbocycles. The molecular formula is C77H67N. The summed E-state index contributed by atoms with van der Waals surface area (Å²) in [5.74, 6) is 0. The highest BCUT2D eigenvalue weighted by atomic mass is 15.1. The van der Waals surface area contributed by atoms with Crippen LogP contribution in [0, 0.1) is 0 Å². The van der Waals surface area contributed by atoms with Gasteiger partial charge in [0.05, 0.1) is 5.41 Å². The molecule has 0 amide bonds. The molecule has 0 aliphatic heterocycles. The Morgan fingerprint density at radius 1 is 0.321 bits per heavy atom. The van der Waals surface area contributed by atoms with Crippen LogP contribution in [0.25, 0.3) is 66.8 Å². The van der Waals surface area contributed by atoms with Gasteiger partial charge in [0, 0.05) is 27.9 Å². The minimum atomic E-state index is -0.500. The summed E-state index contributed by atoms with van der Waals surface area (Å²) in [7, 11) is 0. The predicted molar refractivity (Wildman–Crippen MR) is 328 cm³/mol. The molecule has 0 unspecified atom stereocenters. The topological polar surface area (TPSA) is 3.24 Å². The Kier molecular flexibility index (Phi) is 10.00. The van der Waals surface area contributed by atoms with Gasteiger partial charge in [-0.05, 0) is 182 Å². The van der Waals surface area contributed by atoms with Gasteiger partial charge in [-0.3, -0.25) is 0 Å². The van der Waals surface area contributed by atoms with Gasteiger partial charge in [-0.2, -0.15) is 0 Å². The third-order valence-electron chi connectivity index (χ3n) is 19.4. The normalized spacial score (nSPS) is 16.1. The number of hydrogen-bond donors (Lipinski definition) is 0. The largest absolute Gasteiger partial charge is 0.310 e. The summed E-state index contributed by atoms with van der Waals surface area (Å²) in [6, 6.07) is 82.8. The Hall–Kier alpha value is -8.00. The van der Waals surface area contributed by atoms with Gasteiger partial charge in [-0.25, -0.2) is 0 Å². The van der Waals surface area contributed by atoms with Crippen LogP contribution in [0.15, 0.2) is 212 Å². The third kappa shape index (κ3) is 6.48. The molecule has 0 N–H and O–H groups in total. The molecule has 1 nitrogen and oxygen atoms in total. The van der Waals surface area contributed by atoms with E-state index in [0.29, 0.717) is 0 Å². The van der Waals surface area contributed by atoms with Crippen molar-refractivity contribution < 1.29 is 0 Å². The van der Waals surface area contributed by atoms with Crippen LogP contribution in [0.1, 0.15) is 137 Å². The molecule has 0 heterocycles. The first kappa shape index (κ1) is 47.2. The zero-order valence-corrected chi connectivity index (χ0v) is 46.5. The maximum atomic E-state index is 2.58. The maximum Gasteiger partial charge on any atom is 0.0726 e. The molecule has 0 saturated heterocycles. The van der Waals surface area contributed by atoms with Gasteiger partial charge in [-0.15, -0.1) is 0 Å². The Morgan fingerprint density at radius 3 is 1.33 bits per heavy atom. The average Bonchev–Trinajstić information content (AvgIpc) is 4.44. The molecule has 5 aliphatic carbocycles. The molecule has 1 fully saturated rings. The smallest absolute Gasteiger partial charge is 0.0726 e. The molecule has 1 heteroatoms. The van der Waals surface area contributed by atoms with Gasteiger partial charge in [0.25, 0.3) is 0 Å². The second-order valence-corrected chi connectivity index (χ2v) is 25.9. The number of benzene rings is 10. The fourth-order valence-electron chi connectivity index (χ4n) is 15.6. The first-order valence-electron chi connectivity index (χ1n) is 28.7. The summed E-state index contributed by atoms with van der Waals surface area (Å²) in [5.41, 5.74) is 32.8. The molecule has 380 valence electrons. The van der Waals surface area contributed by atoms with E-state index in [-0.39, 0.29) is 21.7 Å². The average molecular weight is 1010 g/mol. The molecule has 0 aromatic heterocycles. The van der Waals surface area contributed by atoms with E-state index in [1.807, 2.05) is 0 Å². The monoisotopic (exact) mass is 1010 g/mol. The van der Waals surface area contributed by atoms with Crippen LogP contribution in [0.3, 0.4) is 0 Å². The predicted octanol–water partition coefficient (Wildman–Crippen LogP) is 20.6. The number of anilines is 3. The van der Waals surface area contributed by atoms with Crippen molar-refractivity contribution in [1.29, 1.82) is 0 Å². The fourth-order valence-corrected chi connectivity index (χ4v) is 15.6. The van der Waals surface area contributed by atoms with E-state index in [9.17, 15) is 0 Å². The second-order valence-electron chi connectivity index (χ2n) is 25.9.